The Bertz CT molecular complexity index is 428. The van der Waals surface area contributed by atoms with Gasteiger partial charge in [0.15, 0.2) is 0 Å². The summed E-state index contributed by atoms with van der Waals surface area (Å²) in [5.74, 6) is -0.0676. The van der Waals surface area contributed by atoms with Gasteiger partial charge < -0.3 is 15.8 Å². The van der Waals surface area contributed by atoms with Crippen LogP contribution in [-0.4, -0.2) is 49.7 Å². The number of carbonyl (C=O) groups is 1. The number of nitrogens with two attached hydrogens (primary N) is 1. The molecular weight excluding hydrogens is 262 g/mol. The first-order valence-corrected chi connectivity index (χ1v) is 7.40. The van der Waals surface area contributed by atoms with Gasteiger partial charge in [-0.3, -0.25) is 9.69 Å². The SMILES string of the molecule is CCN1CCOC(CNC(=O)c2cc(N)c(C)s2)C1. The molecule has 19 heavy (non-hydrogen) atoms. The smallest absolute Gasteiger partial charge is 0.261 e. The van der Waals surface area contributed by atoms with Crippen LogP contribution in [0, 0.1) is 6.92 Å². The van der Waals surface area contributed by atoms with Gasteiger partial charge in [0.2, 0.25) is 0 Å². The first kappa shape index (κ1) is 14.3. The normalized spacial score (nSPS) is 20.4. The van der Waals surface area contributed by atoms with Crippen LogP contribution in [-0.2, 0) is 4.74 Å². The van der Waals surface area contributed by atoms with Gasteiger partial charge in [-0.05, 0) is 19.5 Å². The Balaban J connectivity index is 1.83. The second-order valence-corrected chi connectivity index (χ2v) is 5.97. The van der Waals surface area contributed by atoms with Crippen LogP contribution in [0.1, 0.15) is 21.5 Å². The molecule has 0 radical (unpaired) electrons. The lowest BCUT2D eigenvalue weighted by Crippen LogP contribution is -2.47. The Morgan fingerprint density at radius 1 is 1.68 bits per heavy atom. The fourth-order valence-corrected chi connectivity index (χ4v) is 2.95. The van der Waals surface area contributed by atoms with E-state index >= 15 is 0 Å². The molecule has 1 unspecified atom stereocenters. The second-order valence-electron chi connectivity index (χ2n) is 4.72. The maximum atomic E-state index is 12.0. The molecule has 6 heteroatoms. The molecule has 1 aliphatic rings. The Labute approximate surface area is 117 Å². The van der Waals surface area contributed by atoms with Gasteiger partial charge in [0, 0.05) is 30.2 Å². The van der Waals surface area contributed by atoms with Crippen LogP contribution in [0.4, 0.5) is 5.69 Å². The third kappa shape index (κ3) is 3.68. The van der Waals surface area contributed by atoms with E-state index in [1.54, 1.807) is 6.07 Å². The van der Waals surface area contributed by atoms with Crippen LogP contribution in [0.5, 0.6) is 0 Å². The molecule has 1 aromatic rings. The predicted octanol–water partition coefficient (Wildman–Crippen LogP) is 1.09. The van der Waals surface area contributed by atoms with Crippen LogP contribution in [0.25, 0.3) is 0 Å². The van der Waals surface area contributed by atoms with Gasteiger partial charge in [0.05, 0.1) is 17.6 Å². The molecule has 1 amide bonds. The lowest BCUT2D eigenvalue weighted by atomic mass is 10.2. The van der Waals surface area contributed by atoms with Crippen molar-refractivity contribution in [2.24, 2.45) is 0 Å². The molecule has 1 saturated heterocycles. The van der Waals surface area contributed by atoms with E-state index < -0.39 is 0 Å². The van der Waals surface area contributed by atoms with Gasteiger partial charge in [-0.15, -0.1) is 11.3 Å². The summed E-state index contributed by atoms with van der Waals surface area (Å²) in [5, 5.41) is 2.92. The number of rotatable bonds is 4. The first-order valence-electron chi connectivity index (χ1n) is 6.58. The van der Waals surface area contributed by atoms with E-state index in [4.69, 9.17) is 10.5 Å². The van der Waals surface area contributed by atoms with Gasteiger partial charge in [-0.25, -0.2) is 0 Å². The highest BCUT2D eigenvalue weighted by atomic mass is 32.1. The summed E-state index contributed by atoms with van der Waals surface area (Å²) >= 11 is 1.43. The first-order chi connectivity index (χ1) is 9.10. The number of nitrogens with one attached hydrogen (secondary N) is 1. The van der Waals surface area contributed by atoms with Gasteiger partial charge in [0.1, 0.15) is 0 Å². The Kier molecular flexibility index (Phi) is 4.79. The number of likely N-dealkylation sites (N-methyl/N-ethyl adjacent to an activating group) is 1. The summed E-state index contributed by atoms with van der Waals surface area (Å²) in [6, 6.07) is 1.73. The highest BCUT2D eigenvalue weighted by Gasteiger charge is 2.20. The molecule has 3 N–H and O–H groups in total. The average Bonchev–Trinajstić information content (AvgIpc) is 2.76. The minimum absolute atomic E-state index is 0.0676. The number of nitrogens with zero attached hydrogens (tertiary/aromatic N) is 1. The van der Waals surface area contributed by atoms with Crippen molar-refractivity contribution in [1.29, 1.82) is 0 Å². The minimum atomic E-state index is -0.0676. The zero-order valence-corrected chi connectivity index (χ0v) is 12.3. The quantitative estimate of drug-likeness (QED) is 0.868. The van der Waals surface area contributed by atoms with Crippen molar-refractivity contribution in [1.82, 2.24) is 10.2 Å². The zero-order chi connectivity index (χ0) is 13.8. The summed E-state index contributed by atoms with van der Waals surface area (Å²) in [5.41, 5.74) is 6.43. The maximum absolute atomic E-state index is 12.0. The van der Waals surface area contributed by atoms with E-state index in [2.05, 4.69) is 17.1 Å². The van der Waals surface area contributed by atoms with Gasteiger partial charge in [-0.1, -0.05) is 6.92 Å². The Morgan fingerprint density at radius 3 is 3.11 bits per heavy atom. The van der Waals surface area contributed by atoms with Crippen molar-refractivity contribution < 1.29 is 9.53 Å². The van der Waals surface area contributed by atoms with Crippen molar-refractivity contribution >= 4 is 22.9 Å². The number of amides is 1. The van der Waals surface area contributed by atoms with Gasteiger partial charge in [0.25, 0.3) is 5.91 Å². The van der Waals surface area contributed by atoms with Crippen molar-refractivity contribution in [2.45, 2.75) is 20.0 Å². The zero-order valence-electron chi connectivity index (χ0n) is 11.4. The predicted molar refractivity (Wildman–Crippen MR) is 77.7 cm³/mol. The van der Waals surface area contributed by atoms with Gasteiger partial charge in [-0.2, -0.15) is 0 Å². The molecule has 1 atom stereocenters. The number of hydrogen-bond donors (Lipinski definition) is 2. The number of thiophene rings is 1. The molecule has 1 aromatic heterocycles. The number of nitrogen functional groups attached to an aromatic ring is 1. The van der Waals surface area contributed by atoms with Crippen molar-refractivity contribution in [3.8, 4) is 0 Å². The topological polar surface area (TPSA) is 67.6 Å². The Hall–Kier alpha value is -1.11. The number of ether oxygens (including phenoxy) is 1. The van der Waals surface area contributed by atoms with Crippen molar-refractivity contribution in [2.75, 3.05) is 38.5 Å². The molecule has 0 aliphatic carbocycles. The molecular formula is C13H21N3O2S. The summed E-state index contributed by atoms with van der Waals surface area (Å²) in [7, 11) is 0. The van der Waals surface area contributed by atoms with Crippen LogP contribution in [0.15, 0.2) is 6.07 Å². The van der Waals surface area contributed by atoms with E-state index in [1.165, 1.54) is 11.3 Å². The van der Waals surface area contributed by atoms with E-state index in [-0.39, 0.29) is 12.0 Å². The van der Waals surface area contributed by atoms with Crippen molar-refractivity contribution in [3.63, 3.8) is 0 Å². The maximum Gasteiger partial charge on any atom is 0.261 e. The largest absolute Gasteiger partial charge is 0.398 e. The van der Waals surface area contributed by atoms with Gasteiger partial charge >= 0.3 is 0 Å². The van der Waals surface area contributed by atoms with E-state index in [0.717, 1.165) is 31.1 Å². The van der Waals surface area contributed by atoms with E-state index in [0.29, 0.717) is 17.1 Å². The lowest BCUT2D eigenvalue weighted by molar-refractivity contribution is -0.0245. The van der Waals surface area contributed by atoms with Crippen LogP contribution < -0.4 is 11.1 Å². The molecule has 1 aliphatic heterocycles. The monoisotopic (exact) mass is 283 g/mol. The van der Waals surface area contributed by atoms with E-state index in [1.807, 2.05) is 6.92 Å². The molecule has 2 heterocycles. The number of carbonyl (C=O) groups excluding carboxylic acids is 1. The summed E-state index contributed by atoms with van der Waals surface area (Å²) in [6.45, 7) is 8.21. The third-order valence-corrected chi connectivity index (χ3v) is 4.41. The second kappa shape index (κ2) is 6.36. The highest BCUT2D eigenvalue weighted by molar-refractivity contribution is 7.14. The standard InChI is InChI=1S/C13H21N3O2S/c1-3-16-4-5-18-10(8-16)7-15-13(17)12-6-11(14)9(2)19-12/h6,10H,3-5,7-8,14H2,1-2H3,(H,15,17). The lowest BCUT2D eigenvalue weighted by Gasteiger charge is -2.32. The minimum Gasteiger partial charge on any atom is -0.398 e. The number of aryl methyl sites for hydroxylation is 1. The third-order valence-electron chi connectivity index (χ3n) is 3.34. The summed E-state index contributed by atoms with van der Waals surface area (Å²) < 4.78 is 5.65. The van der Waals surface area contributed by atoms with E-state index in [9.17, 15) is 4.79 Å². The fourth-order valence-electron chi connectivity index (χ4n) is 2.09. The molecule has 0 bridgehead atoms. The number of anilines is 1. The Morgan fingerprint density at radius 2 is 2.47 bits per heavy atom. The number of morpholine rings is 1. The summed E-state index contributed by atoms with van der Waals surface area (Å²) in [6.07, 6.45) is 0.0797. The van der Waals surface area contributed by atoms with Crippen LogP contribution >= 0.6 is 11.3 Å². The number of hydrogen-bond acceptors (Lipinski definition) is 5. The van der Waals surface area contributed by atoms with Crippen LogP contribution in [0.2, 0.25) is 0 Å². The molecule has 0 aromatic carbocycles. The molecule has 2 rings (SSSR count). The molecule has 106 valence electrons. The summed E-state index contributed by atoms with van der Waals surface area (Å²) in [4.78, 5) is 16.0. The molecule has 0 spiro atoms. The fraction of sp³-hybridized carbons (Fsp3) is 0.615. The van der Waals surface area contributed by atoms with Crippen molar-refractivity contribution in [3.05, 3.63) is 15.8 Å². The average molecular weight is 283 g/mol. The van der Waals surface area contributed by atoms with Crippen LogP contribution in [0.3, 0.4) is 0 Å². The molecule has 1 fully saturated rings. The molecule has 0 saturated carbocycles. The molecule has 5 nitrogen and oxygen atoms in total. The highest BCUT2D eigenvalue weighted by Crippen LogP contribution is 2.23.